The van der Waals surface area contributed by atoms with Crippen molar-refractivity contribution in [3.05, 3.63) is 62.7 Å². The Hall–Kier alpha value is -2.71. The minimum absolute atomic E-state index is 0.0257. The molecule has 2 N–H and O–H groups in total. The van der Waals surface area contributed by atoms with Gasteiger partial charge in [0, 0.05) is 10.6 Å². The van der Waals surface area contributed by atoms with E-state index in [1.165, 1.54) is 19.9 Å². The van der Waals surface area contributed by atoms with Gasteiger partial charge in [-0.3, -0.25) is 9.78 Å². The van der Waals surface area contributed by atoms with Crippen molar-refractivity contribution in [2.45, 2.75) is 13.8 Å². The second-order valence-corrected chi connectivity index (χ2v) is 7.79. The molecule has 1 heterocycles. The summed E-state index contributed by atoms with van der Waals surface area (Å²) in [7, 11) is 0. The van der Waals surface area contributed by atoms with E-state index in [9.17, 15) is 18.4 Å². The number of hydrogen-bond acceptors (Lipinski definition) is 3. The molecule has 29 heavy (non-hydrogen) atoms. The van der Waals surface area contributed by atoms with Crippen LogP contribution in [0.15, 0.2) is 41.2 Å². The van der Waals surface area contributed by atoms with Crippen molar-refractivity contribution < 1.29 is 13.6 Å². The number of nitrogens with zero attached hydrogens (tertiary/aromatic N) is 2. The number of halogens is 4. The maximum atomic E-state index is 14.3. The fourth-order valence-electron chi connectivity index (χ4n) is 2.38. The van der Waals surface area contributed by atoms with Crippen LogP contribution in [0.5, 0.6) is 0 Å². The molecule has 10 heteroatoms. The molecule has 1 amide bonds. The molecule has 6 nitrogen and oxygen atoms in total. The summed E-state index contributed by atoms with van der Waals surface area (Å²) >= 11 is 12.0. The molecule has 0 fully saturated rings. The maximum Gasteiger partial charge on any atom is 0.348 e. The molecular formula is C19H16Cl2F2N4O2. The third kappa shape index (κ3) is 4.33. The van der Waals surface area contributed by atoms with E-state index in [2.05, 4.69) is 15.4 Å². The first-order chi connectivity index (χ1) is 13.6. The number of alkyl halides is 1. The Morgan fingerprint density at radius 2 is 1.90 bits per heavy atom. The Kier molecular flexibility index (Phi) is 5.77. The van der Waals surface area contributed by atoms with Crippen LogP contribution in [0.4, 0.5) is 14.5 Å². The van der Waals surface area contributed by atoms with Crippen LogP contribution in [0.2, 0.25) is 10.0 Å². The second kappa shape index (κ2) is 7.96. The third-order valence-electron chi connectivity index (χ3n) is 4.20. The number of hydrogen-bond donors (Lipinski definition) is 2. The van der Waals surface area contributed by atoms with Gasteiger partial charge in [-0.2, -0.15) is 4.68 Å². The summed E-state index contributed by atoms with van der Waals surface area (Å²) in [5.74, 6) is -1.44. The lowest BCUT2D eigenvalue weighted by molar-refractivity contribution is -0.124. The number of carbonyl (C=O) groups excluding carboxylic acids is 1. The van der Waals surface area contributed by atoms with E-state index in [1.807, 2.05) is 0 Å². The minimum atomic E-state index is -1.34. The highest BCUT2D eigenvalue weighted by Crippen LogP contribution is 2.31. The lowest BCUT2D eigenvalue weighted by Crippen LogP contribution is -2.32. The van der Waals surface area contributed by atoms with Crippen LogP contribution in [0.3, 0.4) is 0 Å². The Labute approximate surface area is 174 Å². The van der Waals surface area contributed by atoms with Crippen molar-refractivity contribution in [3.8, 4) is 17.1 Å². The molecule has 0 spiro atoms. The number of amides is 1. The summed E-state index contributed by atoms with van der Waals surface area (Å²) in [6, 6.07) is 8.62. The molecule has 1 aromatic heterocycles. The SMILES string of the molecule is CC(C)(CF)C(=O)Nc1cc(-c2nn(-c3ccc(Cl)cc3)c(=O)[nH]2)c(Cl)cc1F. The highest BCUT2D eigenvalue weighted by molar-refractivity contribution is 6.33. The number of nitrogens with one attached hydrogen (secondary N) is 2. The lowest BCUT2D eigenvalue weighted by Gasteiger charge is -2.20. The highest BCUT2D eigenvalue weighted by atomic mass is 35.5. The van der Waals surface area contributed by atoms with Crippen molar-refractivity contribution in [1.82, 2.24) is 14.8 Å². The number of anilines is 1. The number of carbonyl (C=O) groups is 1. The van der Waals surface area contributed by atoms with Gasteiger partial charge in [0.25, 0.3) is 0 Å². The predicted molar refractivity (Wildman–Crippen MR) is 108 cm³/mol. The van der Waals surface area contributed by atoms with Crippen LogP contribution >= 0.6 is 23.2 Å². The van der Waals surface area contributed by atoms with E-state index in [0.29, 0.717) is 10.7 Å². The molecule has 3 aromatic rings. The van der Waals surface area contributed by atoms with Crippen LogP contribution in [0.25, 0.3) is 17.1 Å². The minimum Gasteiger partial charge on any atom is -0.323 e. The first-order valence-corrected chi connectivity index (χ1v) is 9.20. The Balaban J connectivity index is 2.01. The lowest BCUT2D eigenvalue weighted by atomic mass is 9.94. The number of aromatic nitrogens is 3. The Bertz CT molecular complexity index is 1120. The van der Waals surface area contributed by atoms with Crippen LogP contribution in [-0.2, 0) is 4.79 Å². The Morgan fingerprint density at radius 1 is 1.24 bits per heavy atom. The van der Waals surface area contributed by atoms with E-state index in [1.54, 1.807) is 24.3 Å². The topological polar surface area (TPSA) is 79.8 Å². The van der Waals surface area contributed by atoms with Gasteiger partial charge in [-0.25, -0.2) is 13.6 Å². The van der Waals surface area contributed by atoms with Gasteiger partial charge in [-0.05, 0) is 50.2 Å². The summed E-state index contributed by atoms with van der Waals surface area (Å²) < 4.78 is 28.4. The zero-order valence-corrected chi connectivity index (χ0v) is 16.9. The van der Waals surface area contributed by atoms with Crippen LogP contribution in [0, 0.1) is 11.2 Å². The summed E-state index contributed by atoms with van der Waals surface area (Å²) in [5.41, 5.74) is -1.45. The largest absolute Gasteiger partial charge is 0.348 e. The first kappa shape index (κ1) is 21.0. The average molecular weight is 441 g/mol. The maximum absolute atomic E-state index is 14.3. The summed E-state index contributed by atoms with van der Waals surface area (Å²) in [5, 5.41) is 7.00. The molecule has 3 rings (SSSR count). The fraction of sp³-hybridized carbons (Fsp3) is 0.211. The molecule has 152 valence electrons. The molecule has 0 radical (unpaired) electrons. The highest BCUT2D eigenvalue weighted by Gasteiger charge is 2.28. The number of H-pyrrole nitrogens is 1. The average Bonchev–Trinajstić information content (AvgIpc) is 3.05. The van der Waals surface area contributed by atoms with Crippen molar-refractivity contribution in [3.63, 3.8) is 0 Å². The molecule has 0 bridgehead atoms. The zero-order chi connectivity index (χ0) is 21.3. The van der Waals surface area contributed by atoms with E-state index in [0.717, 1.165) is 10.7 Å². The normalized spacial score (nSPS) is 11.5. The van der Waals surface area contributed by atoms with Crippen LogP contribution < -0.4 is 11.0 Å². The van der Waals surface area contributed by atoms with Crippen molar-refractivity contribution >= 4 is 34.8 Å². The standard InChI is InChI=1S/C19H16Cl2F2N4O2/c1-19(2,9-22)17(28)24-15-7-12(13(21)8-14(15)23)16-25-18(29)27(26-16)11-5-3-10(20)4-6-11/h3-8H,9H2,1-2H3,(H,24,28)(H,25,26,29). The van der Waals surface area contributed by atoms with Crippen molar-refractivity contribution in [2.24, 2.45) is 5.41 Å². The van der Waals surface area contributed by atoms with Gasteiger partial charge in [0.15, 0.2) is 5.82 Å². The van der Waals surface area contributed by atoms with Crippen molar-refractivity contribution in [1.29, 1.82) is 0 Å². The summed E-state index contributed by atoms with van der Waals surface area (Å²) in [6.45, 7) is 1.87. The molecule has 0 unspecified atom stereocenters. The van der Waals surface area contributed by atoms with Gasteiger partial charge in [0.1, 0.15) is 12.5 Å². The second-order valence-electron chi connectivity index (χ2n) is 6.95. The van der Waals surface area contributed by atoms with Gasteiger partial charge >= 0.3 is 5.69 Å². The van der Waals surface area contributed by atoms with Crippen LogP contribution in [0.1, 0.15) is 13.8 Å². The monoisotopic (exact) mass is 440 g/mol. The molecule has 0 saturated carbocycles. The van der Waals surface area contributed by atoms with Gasteiger partial charge < -0.3 is 5.32 Å². The van der Waals surface area contributed by atoms with Crippen molar-refractivity contribution in [2.75, 3.05) is 12.0 Å². The summed E-state index contributed by atoms with van der Waals surface area (Å²) in [6.07, 6.45) is 0. The van der Waals surface area contributed by atoms with Gasteiger partial charge in [-0.15, -0.1) is 5.10 Å². The Morgan fingerprint density at radius 3 is 2.52 bits per heavy atom. The predicted octanol–water partition coefficient (Wildman–Crippen LogP) is 4.61. The number of aromatic amines is 1. The van der Waals surface area contributed by atoms with E-state index < -0.39 is 29.5 Å². The van der Waals surface area contributed by atoms with E-state index >= 15 is 0 Å². The van der Waals surface area contributed by atoms with Crippen LogP contribution in [-0.4, -0.2) is 27.3 Å². The molecule has 0 saturated heterocycles. The van der Waals surface area contributed by atoms with E-state index in [4.69, 9.17) is 23.2 Å². The molecule has 2 aromatic carbocycles. The molecular weight excluding hydrogens is 425 g/mol. The molecule has 0 aliphatic rings. The molecule has 0 atom stereocenters. The van der Waals surface area contributed by atoms with Gasteiger partial charge in [-0.1, -0.05) is 23.2 Å². The van der Waals surface area contributed by atoms with Gasteiger partial charge in [0.05, 0.1) is 21.8 Å². The zero-order valence-electron chi connectivity index (χ0n) is 15.4. The molecule has 0 aliphatic heterocycles. The van der Waals surface area contributed by atoms with Gasteiger partial charge in [0.2, 0.25) is 5.91 Å². The smallest absolute Gasteiger partial charge is 0.323 e. The quantitative estimate of drug-likeness (QED) is 0.607. The first-order valence-electron chi connectivity index (χ1n) is 8.44. The van der Waals surface area contributed by atoms with E-state index in [-0.39, 0.29) is 22.1 Å². The fourth-order valence-corrected chi connectivity index (χ4v) is 2.75. The number of rotatable bonds is 5. The summed E-state index contributed by atoms with van der Waals surface area (Å²) in [4.78, 5) is 27.0. The third-order valence-corrected chi connectivity index (χ3v) is 4.76. The molecule has 0 aliphatic carbocycles. The number of benzene rings is 2.